The van der Waals surface area contributed by atoms with Crippen LogP contribution in [0.2, 0.25) is 0 Å². The van der Waals surface area contributed by atoms with Crippen molar-refractivity contribution in [2.45, 2.75) is 41.7 Å². The SMILES string of the molecule is [NH]C(=O)C1(S(=O)(=O)c2ccccc2N)CCCCC1. The molecule has 0 bridgehead atoms. The van der Waals surface area contributed by atoms with Crippen molar-refractivity contribution in [3.8, 4) is 0 Å². The molecule has 0 heterocycles. The summed E-state index contributed by atoms with van der Waals surface area (Å²) in [7, 11) is -3.92. The van der Waals surface area contributed by atoms with E-state index in [9.17, 15) is 13.2 Å². The van der Waals surface area contributed by atoms with Gasteiger partial charge in [0, 0.05) is 0 Å². The Labute approximate surface area is 112 Å². The number of hydrogen-bond donors (Lipinski definition) is 1. The summed E-state index contributed by atoms with van der Waals surface area (Å²) in [4.78, 5) is 11.7. The highest BCUT2D eigenvalue weighted by atomic mass is 32.2. The second-order valence-corrected chi connectivity index (χ2v) is 7.15. The van der Waals surface area contributed by atoms with Crippen molar-refractivity contribution in [3.05, 3.63) is 24.3 Å². The Morgan fingerprint density at radius 1 is 1.16 bits per heavy atom. The summed E-state index contributed by atoms with van der Waals surface area (Å²) in [5.74, 6) is -1.02. The fourth-order valence-corrected chi connectivity index (χ4v) is 4.80. The van der Waals surface area contributed by atoms with Crippen LogP contribution < -0.4 is 11.5 Å². The normalized spacial score (nSPS) is 18.9. The summed E-state index contributed by atoms with van der Waals surface area (Å²) in [5, 5.41) is 0. The van der Waals surface area contributed by atoms with Gasteiger partial charge in [0.15, 0.2) is 14.6 Å². The number of hydrogen-bond acceptors (Lipinski definition) is 4. The zero-order valence-corrected chi connectivity index (χ0v) is 11.4. The minimum Gasteiger partial charge on any atom is -0.398 e. The van der Waals surface area contributed by atoms with Crippen molar-refractivity contribution in [1.82, 2.24) is 5.73 Å². The predicted molar refractivity (Wildman–Crippen MR) is 72.0 cm³/mol. The van der Waals surface area contributed by atoms with Crippen LogP contribution in [0.5, 0.6) is 0 Å². The maximum atomic E-state index is 12.8. The number of carbonyl (C=O) groups excluding carboxylic acids is 1. The Kier molecular flexibility index (Phi) is 3.54. The number of nitrogens with one attached hydrogen (secondary N) is 1. The molecule has 1 radical (unpaired) electrons. The van der Waals surface area contributed by atoms with Gasteiger partial charge in [-0.3, -0.25) is 10.5 Å². The zero-order chi connectivity index (χ0) is 14.1. The third kappa shape index (κ3) is 2.10. The molecule has 3 N–H and O–H groups in total. The highest BCUT2D eigenvalue weighted by molar-refractivity contribution is 7.93. The van der Waals surface area contributed by atoms with E-state index in [0.29, 0.717) is 12.8 Å². The first-order chi connectivity index (χ1) is 8.92. The van der Waals surface area contributed by atoms with Gasteiger partial charge in [0.05, 0.1) is 10.6 Å². The maximum absolute atomic E-state index is 12.8. The summed E-state index contributed by atoms with van der Waals surface area (Å²) in [5.41, 5.74) is 13.3. The molecule has 1 aliphatic rings. The van der Waals surface area contributed by atoms with E-state index in [2.05, 4.69) is 0 Å². The van der Waals surface area contributed by atoms with Crippen molar-refractivity contribution in [3.63, 3.8) is 0 Å². The number of sulfone groups is 1. The molecule has 1 aromatic rings. The largest absolute Gasteiger partial charge is 0.398 e. The van der Waals surface area contributed by atoms with Crippen molar-refractivity contribution in [2.24, 2.45) is 0 Å². The molecule has 0 spiro atoms. The lowest BCUT2D eigenvalue weighted by Crippen LogP contribution is -2.48. The third-order valence-electron chi connectivity index (χ3n) is 3.80. The molecule has 1 fully saturated rings. The summed E-state index contributed by atoms with van der Waals surface area (Å²) in [6.45, 7) is 0. The second kappa shape index (κ2) is 4.85. The Bertz CT molecular complexity index is 590. The van der Waals surface area contributed by atoms with E-state index in [-0.39, 0.29) is 23.4 Å². The molecule has 1 saturated carbocycles. The van der Waals surface area contributed by atoms with Crippen molar-refractivity contribution in [1.29, 1.82) is 0 Å². The molecule has 0 saturated heterocycles. The van der Waals surface area contributed by atoms with Gasteiger partial charge < -0.3 is 5.73 Å². The standard InChI is InChI=1S/C13H17N2O3S/c14-10-6-2-3-7-11(10)19(17,18)13(12(15)16)8-4-1-5-9-13/h2-3,6-7,15H,1,4-5,8-9,14H2. The van der Waals surface area contributed by atoms with E-state index in [1.54, 1.807) is 12.1 Å². The minimum atomic E-state index is -3.92. The topological polar surface area (TPSA) is 101 Å². The third-order valence-corrected chi connectivity index (χ3v) is 6.37. The van der Waals surface area contributed by atoms with Gasteiger partial charge in [-0.15, -0.1) is 0 Å². The van der Waals surface area contributed by atoms with Gasteiger partial charge in [0.1, 0.15) is 0 Å². The Morgan fingerprint density at radius 3 is 2.26 bits per heavy atom. The van der Waals surface area contributed by atoms with E-state index in [4.69, 9.17) is 11.5 Å². The quantitative estimate of drug-likeness (QED) is 0.849. The Hall–Kier alpha value is -1.56. The molecule has 19 heavy (non-hydrogen) atoms. The lowest BCUT2D eigenvalue weighted by atomic mass is 9.88. The van der Waals surface area contributed by atoms with Crippen LogP contribution in [0.3, 0.4) is 0 Å². The van der Waals surface area contributed by atoms with Crippen LogP contribution in [0.25, 0.3) is 0 Å². The van der Waals surface area contributed by atoms with Gasteiger partial charge in [-0.2, -0.15) is 0 Å². The number of para-hydroxylation sites is 1. The highest BCUT2D eigenvalue weighted by Crippen LogP contribution is 2.40. The minimum absolute atomic E-state index is 0.0301. The number of benzene rings is 1. The Morgan fingerprint density at radius 2 is 1.74 bits per heavy atom. The van der Waals surface area contributed by atoms with Crippen LogP contribution in [0, 0.1) is 0 Å². The van der Waals surface area contributed by atoms with Crippen molar-refractivity contribution < 1.29 is 13.2 Å². The fraction of sp³-hybridized carbons (Fsp3) is 0.462. The number of nitrogen functional groups attached to an aromatic ring is 1. The van der Waals surface area contributed by atoms with Crippen LogP contribution in [0.15, 0.2) is 29.2 Å². The molecular weight excluding hydrogens is 264 g/mol. The van der Waals surface area contributed by atoms with Gasteiger partial charge in [0.2, 0.25) is 0 Å². The molecule has 2 rings (SSSR count). The lowest BCUT2D eigenvalue weighted by Gasteiger charge is -2.33. The molecule has 103 valence electrons. The predicted octanol–water partition coefficient (Wildman–Crippen LogP) is 1.55. The van der Waals surface area contributed by atoms with Gasteiger partial charge in [-0.05, 0) is 25.0 Å². The summed E-state index contributed by atoms with van der Waals surface area (Å²) in [6.07, 6.45) is 2.63. The summed E-state index contributed by atoms with van der Waals surface area (Å²) < 4.78 is 23.9. The number of amides is 1. The monoisotopic (exact) mass is 281 g/mol. The second-order valence-electron chi connectivity index (χ2n) is 4.93. The van der Waals surface area contributed by atoms with E-state index in [1.807, 2.05) is 0 Å². The average Bonchev–Trinajstić information content (AvgIpc) is 2.39. The molecule has 6 heteroatoms. The number of rotatable bonds is 3. The molecule has 0 unspecified atom stereocenters. The summed E-state index contributed by atoms with van der Waals surface area (Å²) >= 11 is 0. The van der Waals surface area contributed by atoms with E-state index < -0.39 is 20.5 Å². The van der Waals surface area contributed by atoms with Crippen LogP contribution in [0.1, 0.15) is 32.1 Å². The average molecular weight is 281 g/mol. The van der Waals surface area contributed by atoms with Crippen molar-refractivity contribution in [2.75, 3.05) is 5.73 Å². The molecule has 1 aromatic carbocycles. The molecule has 1 amide bonds. The number of nitrogens with two attached hydrogens (primary N) is 1. The highest BCUT2D eigenvalue weighted by Gasteiger charge is 2.51. The van der Waals surface area contributed by atoms with Gasteiger partial charge in [-0.25, -0.2) is 8.42 Å². The van der Waals surface area contributed by atoms with E-state index in [0.717, 1.165) is 6.42 Å². The Balaban J connectivity index is 2.59. The van der Waals surface area contributed by atoms with Gasteiger partial charge >= 0.3 is 0 Å². The van der Waals surface area contributed by atoms with Crippen molar-refractivity contribution >= 4 is 21.4 Å². The molecule has 1 aliphatic carbocycles. The van der Waals surface area contributed by atoms with Crippen LogP contribution in [-0.4, -0.2) is 19.1 Å². The molecule has 0 aromatic heterocycles. The molecule has 5 nitrogen and oxygen atoms in total. The first-order valence-electron chi connectivity index (χ1n) is 6.27. The number of carbonyl (C=O) groups is 1. The zero-order valence-electron chi connectivity index (χ0n) is 10.6. The van der Waals surface area contributed by atoms with E-state index in [1.165, 1.54) is 12.1 Å². The first-order valence-corrected chi connectivity index (χ1v) is 7.75. The molecular formula is C13H17N2O3S. The fourth-order valence-electron chi connectivity index (χ4n) is 2.68. The van der Waals surface area contributed by atoms with Crippen LogP contribution >= 0.6 is 0 Å². The van der Waals surface area contributed by atoms with Crippen LogP contribution in [-0.2, 0) is 14.6 Å². The molecule has 0 atom stereocenters. The molecule has 0 aliphatic heterocycles. The van der Waals surface area contributed by atoms with E-state index >= 15 is 0 Å². The smallest absolute Gasteiger partial charge is 0.260 e. The summed E-state index contributed by atoms with van der Waals surface area (Å²) in [6, 6.07) is 6.13. The maximum Gasteiger partial charge on any atom is 0.260 e. The number of anilines is 1. The van der Waals surface area contributed by atoms with Gasteiger partial charge in [-0.1, -0.05) is 31.4 Å². The van der Waals surface area contributed by atoms with Gasteiger partial charge in [0.25, 0.3) is 5.91 Å². The van der Waals surface area contributed by atoms with Crippen LogP contribution in [0.4, 0.5) is 5.69 Å². The lowest BCUT2D eigenvalue weighted by molar-refractivity contribution is -0.121. The first kappa shape index (κ1) is 13.9.